The number of carbonyl (C=O) groups is 1. The van der Waals surface area contributed by atoms with Crippen molar-refractivity contribution in [1.82, 2.24) is 4.98 Å². The fourth-order valence-electron chi connectivity index (χ4n) is 1.34. The highest BCUT2D eigenvalue weighted by molar-refractivity contribution is 14.1. The fourth-order valence-corrected chi connectivity index (χ4v) is 3.00. The molecule has 0 bridgehead atoms. The van der Waals surface area contributed by atoms with Gasteiger partial charge in [-0.3, -0.25) is 9.78 Å². The van der Waals surface area contributed by atoms with Gasteiger partial charge in [-0.25, -0.2) is 0 Å². The average Bonchev–Trinajstić information content (AvgIpc) is 2.30. The van der Waals surface area contributed by atoms with E-state index in [1.807, 2.05) is 24.3 Å². The Morgan fingerprint density at radius 3 is 2.62 bits per heavy atom. The van der Waals surface area contributed by atoms with Gasteiger partial charge in [-0.2, -0.15) is 0 Å². The van der Waals surface area contributed by atoms with Crippen molar-refractivity contribution < 1.29 is 4.79 Å². The first-order chi connectivity index (χ1) is 7.70. The summed E-state index contributed by atoms with van der Waals surface area (Å²) < 4.78 is 1.72. The van der Waals surface area contributed by atoms with E-state index in [-0.39, 0.29) is 5.78 Å². The normalized spacial score (nSPS) is 10.1. The Morgan fingerprint density at radius 1 is 1.19 bits per heavy atom. The van der Waals surface area contributed by atoms with Crippen LogP contribution in [0.1, 0.15) is 16.1 Å². The molecule has 1 aromatic heterocycles. The molecule has 4 heteroatoms. The molecule has 0 spiro atoms. The summed E-state index contributed by atoms with van der Waals surface area (Å²) in [6.45, 7) is 0. The molecule has 0 unspecified atom stereocenters. The summed E-state index contributed by atoms with van der Waals surface area (Å²) in [5.41, 5.74) is 1.13. The number of rotatable bonds is 2. The lowest BCUT2D eigenvalue weighted by molar-refractivity contribution is 0.103. The minimum atomic E-state index is -0.0579. The molecular weight excluding hydrogens is 381 g/mol. The van der Waals surface area contributed by atoms with Gasteiger partial charge in [0.15, 0.2) is 0 Å². The van der Waals surface area contributed by atoms with Gasteiger partial charge in [0, 0.05) is 14.2 Å². The third-order valence-corrected chi connectivity index (χ3v) is 3.65. The van der Waals surface area contributed by atoms with Gasteiger partial charge < -0.3 is 0 Å². The van der Waals surface area contributed by atoms with Crippen LogP contribution in [0.25, 0.3) is 0 Å². The van der Waals surface area contributed by atoms with Gasteiger partial charge in [-0.1, -0.05) is 12.1 Å². The van der Waals surface area contributed by atoms with E-state index in [4.69, 9.17) is 0 Å². The number of ketones is 1. The van der Waals surface area contributed by atoms with Gasteiger partial charge in [0.1, 0.15) is 5.69 Å². The van der Waals surface area contributed by atoms with E-state index in [0.29, 0.717) is 11.3 Å². The number of pyridine rings is 1. The second-order valence-electron chi connectivity index (χ2n) is 3.14. The van der Waals surface area contributed by atoms with Crippen molar-refractivity contribution in [2.75, 3.05) is 0 Å². The summed E-state index contributed by atoms with van der Waals surface area (Å²) in [6.07, 6.45) is 1.62. The molecule has 1 heterocycles. The Labute approximate surface area is 115 Å². The summed E-state index contributed by atoms with van der Waals surface area (Å²) in [5, 5.41) is 0. The minimum Gasteiger partial charge on any atom is -0.287 e. The molecule has 0 aliphatic carbocycles. The van der Waals surface area contributed by atoms with Crippen molar-refractivity contribution in [2.24, 2.45) is 0 Å². The SMILES string of the molecule is O=C(c1ccccn1)c1c(Br)cccc1I. The van der Waals surface area contributed by atoms with Gasteiger partial charge in [0.05, 0.1) is 5.56 Å². The zero-order valence-electron chi connectivity index (χ0n) is 8.15. The first kappa shape index (κ1) is 11.7. The highest BCUT2D eigenvalue weighted by atomic mass is 127. The molecule has 0 aliphatic heterocycles. The predicted molar refractivity (Wildman–Crippen MR) is 74.5 cm³/mol. The Balaban J connectivity index is 2.50. The van der Waals surface area contributed by atoms with Crippen LogP contribution >= 0.6 is 38.5 Å². The Hall–Kier alpha value is -0.750. The van der Waals surface area contributed by atoms with E-state index in [1.54, 1.807) is 18.3 Å². The molecule has 0 amide bonds. The summed E-state index contributed by atoms with van der Waals surface area (Å²) in [6, 6.07) is 11.0. The standard InChI is InChI=1S/C12H7BrINO/c13-8-4-3-5-9(14)11(8)12(16)10-6-1-2-7-15-10/h1-7H. The van der Waals surface area contributed by atoms with Crippen LogP contribution in [-0.2, 0) is 0 Å². The van der Waals surface area contributed by atoms with Crippen molar-refractivity contribution in [1.29, 1.82) is 0 Å². The molecule has 2 rings (SSSR count). The molecule has 16 heavy (non-hydrogen) atoms. The zero-order valence-corrected chi connectivity index (χ0v) is 11.9. The van der Waals surface area contributed by atoms with Crippen LogP contribution in [0.4, 0.5) is 0 Å². The second kappa shape index (κ2) is 5.05. The lowest BCUT2D eigenvalue weighted by Gasteiger charge is -2.05. The smallest absolute Gasteiger partial charge is 0.213 e. The fraction of sp³-hybridized carbons (Fsp3) is 0. The summed E-state index contributed by atoms with van der Waals surface area (Å²) in [5.74, 6) is -0.0579. The minimum absolute atomic E-state index is 0.0579. The van der Waals surface area contributed by atoms with E-state index in [1.165, 1.54) is 0 Å². The van der Waals surface area contributed by atoms with Crippen LogP contribution in [0.3, 0.4) is 0 Å². The third kappa shape index (κ3) is 2.32. The molecule has 0 saturated heterocycles. The van der Waals surface area contributed by atoms with E-state index >= 15 is 0 Å². The number of carbonyl (C=O) groups excluding carboxylic acids is 1. The average molecular weight is 388 g/mol. The molecule has 1 aromatic carbocycles. The van der Waals surface area contributed by atoms with Crippen molar-refractivity contribution >= 4 is 44.3 Å². The molecule has 0 aliphatic rings. The highest BCUT2D eigenvalue weighted by Crippen LogP contribution is 2.24. The van der Waals surface area contributed by atoms with Gasteiger partial charge in [-0.05, 0) is 62.8 Å². The lowest BCUT2D eigenvalue weighted by atomic mass is 10.1. The first-order valence-electron chi connectivity index (χ1n) is 4.60. The van der Waals surface area contributed by atoms with Gasteiger partial charge in [0.25, 0.3) is 0 Å². The van der Waals surface area contributed by atoms with Crippen LogP contribution in [0.15, 0.2) is 47.1 Å². The number of hydrogen-bond acceptors (Lipinski definition) is 2. The molecule has 0 N–H and O–H groups in total. The second-order valence-corrected chi connectivity index (χ2v) is 5.16. The largest absolute Gasteiger partial charge is 0.287 e. The maximum absolute atomic E-state index is 12.2. The predicted octanol–water partition coefficient (Wildman–Crippen LogP) is 3.68. The molecule has 0 fully saturated rings. The Morgan fingerprint density at radius 2 is 2.00 bits per heavy atom. The highest BCUT2D eigenvalue weighted by Gasteiger charge is 2.16. The van der Waals surface area contributed by atoms with Crippen molar-refractivity contribution in [2.45, 2.75) is 0 Å². The van der Waals surface area contributed by atoms with Crippen LogP contribution in [0.2, 0.25) is 0 Å². The number of aromatic nitrogens is 1. The maximum Gasteiger partial charge on any atom is 0.213 e. The number of benzene rings is 1. The number of halogens is 2. The lowest BCUT2D eigenvalue weighted by Crippen LogP contribution is -2.06. The topological polar surface area (TPSA) is 30.0 Å². The van der Waals surface area contributed by atoms with Crippen molar-refractivity contribution in [3.63, 3.8) is 0 Å². The van der Waals surface area contributed by atoms with Crippen LogP contribution < -0.4 is 0 Å². The Bertz CT molecular complexity index is 508. The zero-order chi connectivity index (χ0) is 11.5. The Kier molecular flexibility index (Phi) is 3.70. The van der Waals surface area contributed by atoms with E-state index in [9.17, 15) is 4.79 Å². The quantitative estimate of drug-likeness (QED) is 0.581. The molecule has 2 aromatic rings. The molecule has 80 valence electrons. The third-order valence-electron chi connectivity index (χ3n) is 2.09. The molecule has 2 nitrogen and oxygen atoms in total. The van der Waals surface area contributed by atoms with Gasteiger partial charge in [-0.15, -0.1) is 0 Å². The van der Waals surface area contributed by atoms with Crippen LogP contribution in [-0.4, -0.2) is 10.8 Å². The van der Waals surface area contributed by atoms with Gasteiger partial charge in [0.2, 0.25) is 5.78 Å². The van der Waals surface area contributed by atoms with Crippen LogP contribution in [0.5, 0.6) is 0 Å². The van der Waals surface area contributed by atoms with E-state index < -0.39 is 0 Å². The molecular formula is C12H7BrINO. The number of hydrogen-bond donors (Lipinski definition) is 0. The molecule has 0 saturated carbocycles. The van der Waals surface area contributed by atoms with Crippen molar-refractivity contribution in [3.8, 4) is 0 Å². The molecule has 0 radical (unpaired) electrons. The maximum atomic E-state index is 12.2. The summed E-state index contributed by atoms with van der Waals surface area (Å²) >= 11 is 5.54. The molecule has 0 atom stereocenters. The van der Waals surface area contributed by atoms with Crippen LogP contribution in [0, 0.1) is 3.57 Å². The monoisotopic (exact) mass is 387 g/mol. The number of nitrogens with zero attached hydrogens (tertiary/aromatic N) is 1. The van der Waals surface area contributed by atoms with Crippen molar-refractivity contribution in [3.05, 3.63) is 61.9 Å². The first-order valence-corrected chi connectivity index (χ1v) is 6.47. The summed E-state index contributed by atoms with van der Waals surface area (Å²) in [7, 11) is 0. The summed E-state index contributed by atoms with van der Waals surface area (Å²) in [4.78, 5) is 16.3. The van der Waals surface area contributed by atoms with Gasteiger partial charge >= 0.3 is 0 Å². The van der Waals surface area contributed by atoms with E-state index in [0.717, 1.165) is 8.04 Å². The van der Waals surface area contributed by atoms with E-state index in [2.05, 4.69) is 43.5 Å².